The van der Waals surface area contributed by atoms with Gasteiger partial charge in [-0.25, -0.2) is 0 Å². The first-order chi connectivity index (χ1) is 12.1. The minimum absolute atomic E-state index is 0.159. The van der Waals surface area contributed by atoms with Crippen LogP contribution in [-0.2, 0) is 11.2 Å². The van der Waals surface area contributed by atoms with Crippen molar-refractivity contribution < 1.29 is 4.79 Å². The van der Waals surface area contributed by atoms with Gasteiger partial charge in [0.2, 0.25) is 5.91 Å². The number of nitrogens with zero attached hydrogens (tertiary/aromatic N) is 4. The molecular weight excluding hydrogens is 332 g/mol. The molecule has 1 atom stereocenters. The number of hydrogen-bond donors (Lipinski definition) is 0. The van der Waals surface area contributed by atoms with Gasteiger partial charge < -0.3 is 9.47 Å². The normalized spacial score (nSPS) is 17.8. The molecule has 1 aromatic heterocycles. The van der Waals surface area contributed by atoms with E-state index in [1.807, 2.05) is 30.0 Å². The van der Waals surface area contributed by atoms with Gasteiger partial charge in [0.05, 0.1) is 5.25 Å². The Morgan fingerprint density at radius 3 is 2.68 bits per heavy atom. The zero-order valence-corrected chi connectivity index (χ0v) is 15.8. The molecule has 2 heterocycles. The van der Waals surface area contributed by atoms with Crippen molar-refractivity contribution in [3.05, 3.63) is 35.7 Å². The highest BCUT2D eigenvalue weighted by Crippen LogP contribution is 2.41. The molecule has 1 unspecified atom stereocenters. The molecule has 0 N–H and O–H groups in total. The van der Waals surface area contributed by atoms with Gasteiger partial charge in [-0.2, -0.15) is 0 Å². The molecule has 1 saturated carbocycles. The van der Waals surface area contributed by atoms with Crippen LogP contribution in [0.2, 0.25) is 0 Å². The van der Waals surface area contributed by atoms with Crippen LogP contribution in [0.15, 0.2) is 29.4 Å². The summed E-state index contributed by atoms with van der Waals surface area (Å²) in [4.78, 5) is 14.9. The molecule has 2 aromatic rings. The first kappa shape index (κ1) is 16.6. The molecule has 1 aliphatic heterocycles. The van der Waals surface area contributed by atoms with Crippen LogP contribution < -0.4 is 4.90 Å². The largest absolute Gasteiger partial charge is 0.311 e. The maximum Gasteiger partial charge on any atom is 0.240 e. The van der Waals surface area contributed by atoms with Crippen LogP contribution in [0.3, 0.4) is 0 Å². The average Bonchev–Trinajstić information content (AvgIpc) is 3.20. The topological polar surface area (TPSA) is 51.0 Å². The van der Waals surface area contributed by atoms with Crippen molar-refractivity contribution in [3.8, 4) is 0 Å². The lowest BCUT2D eigenvalue weighted by molar-refractivity contribution is -0.117. The van der Waals surface area contributed by atoms with E-state index in [9.17, 15) is 4.79 Å². The molecular formula is C19H24N4OS. The van der Waals surface area contributed by atoms with E-state index in [2.05, 4.69) is 34.7 Å². The maximum absolute atomic E-state index is 13.0. The molecule has 132 valence electrons. The van der Waals surface area contributed by atoms with Gasteiger partial charge in [-0.15, -0.1) is 10.2 Å². The summed E-state index contributed by atoms with van der Waals surface area (Å²) in [5.41, 5.74) is 2.32. The van der Waals surface area contributed by atoms with Crippen LogP contribution >= 0.6 is 11.8 Å². The number of anilines is 1. The fourth-order valence-electron chi connectivity index (χ4n) is 3.43. The molecule has 25 heavy (non-hydrogen) atoms. The maximum atomic E-state index is 13.0. The van der Waals surface area contributed by atoms with E-state index >= 15 is 0 Å². The average molecular weight is 356 g/mol. The second-order valence-corrected chi connectivity index (χ2v) is 8.53. The first-order valence-corrected chi connectivity index (χ1v) is 9.95. The predicted octanol–water partition coefficient (Wildman–Crippen LogP) is 3.81. The number of benzene rings is 1. The molecule has 1 aromatic carbocycles. The van der Waals surface area contributed by atoms with Gasteiger partial charge in [0.1, 0.15) is 5.82 Å². The van der Waals surface area contributed by atoms with Crippen LogP contribution in [0.1, 0.15) is 57.0 Å². The minimum atomic E-state index is -0.173. The molecule has 5 nitrogen and oxygen atoms in total. The fraction of sp³-hybridized carbons (Fsp3) is 0.526. The highest BCUT2D eigenvalue weighted by atomic mass is 32.2. The number of thioether (sulfide) groups is 1. The van der Waals surface area contributed by atoms with Crippen molar-refractivity contribution in [1.29, 1.82) is 0 Å². The van der Waals surface area contributed by atoms with Gasteiger partial charge in [-0.1, -0.05) is 43.8 Å². The third-order valence-electron chi connectivity index (χ3n) is 4.90. The molecule has 1 fully saturated rings. The Labute approximate surface area is 152 Å². The monoisotopic (exact) mass is 356 g/mol. The Bertz CT molecular complexity index is 796. The SMILES string of the molecule is CC(Sc1nnc(C(C)C)n1C1CC1)C(=O)N1CCc2ccccc21. The third-order valence-corrected chi connectivity index (χ3v) is 5.95. The van der Waals surface area contributed by atoms with E-state index in [4.69, 9.17) is 0 Å². The number of rotatable bonds is 5. The van der Waals surface area contributed by atoms with Crippen LogP contribution in [0.25, 0.3) is 0 Å². The molecule has 1 aliphatic carbocycles. The molecule has 0 saturated heterocycles. The third kappa shape index (κ3) is 3.08. The Kier molecular flexibility index (Phi) is 4.31. The number of carbonyl (C=O) groups excluding carboxylic acids is 1. The highest BCUT2D eigenvalue weighted by molar-refractivity contribution is 8.00. The van der Waals surface area contributed by atoms with E-state index < -0.39 is 0 Å². The van der Waals surface area contributed by atoms with Crippen LogP contribution in [0.4, 0.5) is 5.69 Å². The van der Waals surface area contributed by atoms with Crippen LogP contribution in [0, 0.1) is 0 Å². The number of amides is 1. The molecule has 4 rings (SSSR count). The van der Waals surface area contributed by atoms with Crippen molar-refractivity contribution in [3.63, 3.8) is 0 Å². The molecule has 0 spiro atoms. The van der Waals surface area contributed by atoms with Gasteiger partial charge >= 0.3 is 0 Å². The Balaban J connectivity index is 1.53. The summed E-state index contributed by atoms with van der Waals surface area (Å²) in [7, 11) is 0. The summed E-state index contributed by atoms with van der Waals surface area (Å²) in [6.45, 7) is 7.05. The first-order valence-electron chi connectivity index (χ1n) is 9.07. The molecule has 0 radical (unpaired) electrons. The fourth-order valence-corrected chi connectivity index (χ4v) is 4.42. The molecule has 2 aliphatic rings. The second kappa shape index (κ2) is 6.48. The van der Waals surface area contributed by atoms with Gasteiger partial charge in [-0.3, -0.25) is 4.79 Å². The predicted molar refractivity (Wildman–Crippen MR) is 100 cm³/mol. The van der Waals surface area contributed by atoms with Crippen LogP contribution in [0.5, 0.6) is 0 Å². The zero-order chi connectivity index (χ0) is 17.6. The van der Waals surface area contributed by atoms with Gasteiger partial charge in [0.15, 0.2) is 5.16 Å². The summed E-state index contributed by atoms with van der Waals surface area (Å²) in [6, 6.07) is 8.71. The number of para-hydroxylation sites is 1. The Morgan fingerprint density at radius 1 is 1.20 bits per heavy atom. The van der Waals surface area contributed by atoms with Gasteiger partial charge in [0, 0.05) is 24.2 Å². The Morgan fingerprint density at radius 2 is 1.96 bits per heavy atom. The smallest absolute Gasteiger partial charge is 0.240 e. The molecule has 1 amide bonds. The standard InChI is InChI=1S/C19H24N4OS/c1-12(2)17-20-21-19(23(17)15-8-9-15)25-13(3)18(24)22-11-10-14-6-4-5-7-16(14)22/h4-7,12-13,15H,8-11H2,1-3H3. The lowest BCUT2D eigenvalue weighted by Crippen LogP contribution is -2.35. The lowest BCUT2D eigenvalue weighted by Gasteiger charge is -2.21. The van der Waals surface area contributed by atoms with Crippen molar-refractivity contribution >= 4 is 23.4 Å². The van der Waals surface area contributed by atoms with Crippen molar-refractivity contribution in [1.82, 2.24) is 14.8 Å². The second-order valence-electron chi connectivity index (χ2n) is 7.23. The zero-order valence-electron chi connectivity index (χ0n) is 15.0. The van der Waals surface area contributed by atoms with Gasteiger partial charge in [0.25, 0.3) is 0 Å². The summed E-state index contributed by atoms with van der Waals surface area (Å²) >= 11 is 1.54. The lowest BCUT2D eigenvalue weighted by atomic mass is 10.2. The number of carbonyl (C=O) groups is 1. The van der Waals surface area contributed by atoms with Crippen LogP contribution in [-0.4, -0.2) is 32.5 Å². The summed E-state index contributed by atoms with van der Waals surface area (Å²) in [6.07, 6.45) is 3.31. The number of fused-ring (bicyclic) bond motifs is 1. The minimum Gasteiger partial charge on any atom is -0.311 e. The quantitative estimate of drug-likeness (QED) is 0.765. The van der Waals surface area contributed by atoms with Crippen molar-refractivity contribution in [2.24, 2.45) is 0 Å². The van der Waals surface area contributed by atoms with E-state index in [1.165, 1.54) is 18.4 Å². The summed E-state index contributed by atoms with van der Waals surface area (Å²) in [5, 5.41) is 9.50. The van der Waals surface area contributed by atoms with Gasteiger partial charge in [-0.05, 0) is 37.8 Å². The van der Waals surface area contributed by atoms with E-state index in [1.54, 1.807) is 11.8 Å². The number of hydrogen-bond acceptors (Lipinski definition) is 4. The summed E-state index contributed by atoms with van der Waals surface area (Å²) < 4.78 is 2.26. The summed E-state index contributed by atoms with van der Waals surface area (Å²) in [5.74, 6) is 1.54. The molecule has 0 bridgehead atoms. The Hall–Kier alpha value is -1.82. The number of aromatic nitrogens is 3. The van der Waals surface area contributed by atoms with E-state index in [0.29, 0.717) is 12.0 Å². The van der Waals surface area contributed by atoms with E-state index in [-0.39, 0.29) is 11.2 Å². The van der Waals surface area contributed by atoms with E-state index in [0.717, 1.165) is 29.6 Å². The highest BCUT2D eigenvalue weighted by Gasteiger charge is 2.33. The van der Waals surface area contributed by atoms with Crippen molar-refractivity contribution in [2.75, 3.05) is 11.4 Å². The molecule has 6 heteroatoms. The van der Waals surface area contributed by atoms with Crippen molar-refractivity contribution in [2.45, 2.75) is 62.4 Å².